The van der Waals surface area contributed by atoms with E-state index >= 15 is 0 Å². The van der Waals surface area contributed by atoms with Crippen LogP contribution in [0.15, 0.2) is 23.0 Å². The van der Waals surface area contributed by atoms with Gasteiger partial charge in [-0.3, -0.25) is 4.79 Å². The summed E-state index contributed by atoms with van der Waals surface area (Å²) in [7, 11) is 1.46. The normalized spacial score (nSPS) is 10.0. The first-order valence-electron chi connectivity index (χ1n) is 4.80. The maximum atomic E-state index is 11.8. The zero-order chi connectivity index (χ0) is 12.3. The number of hydrogen-bond donors (Lipinski definition) is 1. The largest absolute Gasteiger partial charge is 0.481 e. The topological polar surface area (TPSA) is 90.1 Å². The van der Waals surface area contributed by atoms with Gasteiger partial charge in [0.05, 0.1) is 7.11 Å². The Hall–Kier alpha value is -2.44. The molecule has 7 heteroatoms. The third-order valence-corrected chi connectivity index (χ3v) is 1.95. The van der Waals surface area contributed by atoms with E-state index in [4.69, 9.17) is 9.26 Å². The van der Waals surface area contributed by atoms with Gasteiger partial charge >= 0.3 is 0 Å². The Labute approximate surface area is 96.8 Å². The third-order valence-electron chi connectivity index (χ3n) is 1.95. The van der Waals surface area contributed by atoms with Crippen LogP contribution in [0.5, 0.6) is 5.88 Å². The van der Waals surface area contributed by atoms with Crippen molar-refractivity contribution in [3.8, 4) is 5.88 Å². The number of carbonyl (C=O) groups is 1. The van der Waals surface area contributed by atoms with Crippen molar-refractivity contribution in [1.29, 1.82) is 0 Å². The van der Waals surface area contributed by atoms with Gasteiger partial charge in [-0.25, -0.2) is 9.97 Å². The number of nitrogens with zero attached hydrogens (tertiary/aromatic N) is 3. The number of hydrogen-bond acceptors (Lipinski definition) is 6. The Bertz CT molecular complexity index is 538. The molecule has 1 amide bonds. The van der Waals surface area contributed by atoms with E-state index in [0.717, 1.165) is 0 Å². The molecule has 0 saturated heterocycles. The second-order valence-electron chi connectivity index (χ2n) is 3.22. The Morgan fingerprint density at radius 2 is 2.24 bits per heavy atom. The fourth-order valence-corrected chi connectivity index (χ4v) is 1.18. The monoisotopic (exact) mass is 234 g/mol. The number of carbonyl (C=O) groups excluding carboxylic acids is 1. The molecule has 0 fully saturated rings. The maximum absolute atomic E-state index is 11.8. The first-order valence-corrected chi connectivity index (χ1v) is 4.80. The van der Waals surface area contributed by atoms with Gasteiger partial charge < -0.3 is 14.6 Å². The van der Waals surface area contributed by atoms with E-state index < -0.39 is 5.91 Å². The summed E-state index contributed by atoms with van der Waals surface area (Å²) in [5, 5.41) is 6.18. The number of anilines is 1. The molecular weight excluding hydrogens is 224 g/mol. The van der Waals surface area contributed by atoms with Crippen molar-refractivity contribution in [2.75, 3.05) is 12.4 Å². The Balaban J connectivity index is 2.14. The van der Waals surface area contributed by atoms with E-state index in [2.05, 4.69) is 20.4 Å². The molecule has 2 aromatic rings. The van der Waals surface area contributed by atoms with Gasteiger partial charge in [0.2, 0.25) is 5.88 Å². The minimum absolute atomic E-state index is 0.192. The molecule has 0 radical (unpaired) electrons. The zero-order valence-corrected chi connectivity index (χ0v) is 9.30. The van der Waals surface area contributed by atoms with Crippen molar-refractivity contribution in [2.45, 2.75) is 6.92 Å². The van der Waals surface area contributed by atoms with Crippen LogP contribution in [0.25, 0.3) is 0 Å². The number of aromatic nitrogens is 3. The van der Waals surface area contributed by atoms with Crippen LogP contribution < -0.4 is 10.1 Å². The molecule has 17 heavy (non-hydrogen) atoms. The molecule has 0 bridgehead atoms. The summed E-state index contributed by atoms with van der Waals surface area (Å²) in [6.07, 6.45) is 1.25. The first-order chi connectivity index (χ1) is 8.19. The molecule has 0 aromatic carbocycles. The third kappa shape index (κ3) is 2.57. The lowest BCUT2D eigenvalue weighted by atomic mass is 10.3. The number of rotatable bonds is 3. The van der Waals surface area contributed by atoms with Crippen LogP contribution >= 0.6 is 0 Å². The van der Waals surface area contributed by atoms with Crippen molar-refractivity contribution in [3.05, 3.63) is 29.9 Å². The number of aryl methyl sites for hydroxylation is 1. The molecule has 2 rings (SSSR count). The van der Waals surface area contributed by atoms with Crippen molar-refractivity contribution in [1.82, 2.24) is 15.1 Å². The summed E-state index contributed by atoms with van der Waals surface area (Å²) in [5.74, 6) is 0.867. The van der Waals surface area contributed by atoms with Gasteiger partial charge in [0.15, 0.2) is 5.82 Å². The summed E-state index contributed by atoms with van der Waals surface area (Å²) >= 11 is 0. The van der Waals surface area contributed by atoms with Crippen LogP contribution in [0, 0.1) is 6.92 Å². The molecule has 0 aliphatic rings. The molecule has 0 aliphatic carbocycles. The highest BCUT2D eigenvalue weighted by molar-refractivity contribution is 6.02. The van der Waals surface area contributed by atoms with Crippen molar-refractivity contribution >= 4 is 11.7 Å². The van der Waals surface area contributed by atoms with E-state index in [1.54, 1.807) is 13.0 Å². The highest BCUT2D eigenvalue weighted by Gasteiger charge is 2.11. The number of methoxy groups -OCH3 is 1. The molecule has 88 valence electrons. The lowest BCUT2D eigenvalue weighted by Gasteiger charge is -2.01. The van der Waals surface area contributed by atoms with E-state index in [1.165, 1.54) is 19.5 Å². The number of ether oxygens (including phenoxy) is 1. The van der Waals surface area contributed by atoms with Crippen LogP contribution in [0.1, 0.15) is 16.2 Å². The number of amides is 1. The van der Waals surface area contributed by atoms with Gasteiger partial charge in [-0.15, -0.1) is 0 Å². The summed E-state index contributed by atoms with van der Waals surface area (Å²) < 4.78 is 9.72. The summed E-state index contributed by atoms with van der Waals surface area (Å²) in [6, 6.07) is 3.04. The van der Waals surface area contributed by atoms with E-state index in [1.807, 2.05) is 0 Å². The molecular formula is C10H10N4O3. The minimum atomic E-state index is -0.404. The Morgan fingerprint density at radius 3 is 2.88 bits per heavy atom. The fraction of sp³-hybridized carbons (Fsp3) is 0.200. The van der Waals surface area contributed by atoms with E-state index in [-0.39, 0.29) is 5.69 Å². The van der Waals surface area contributed by atoms with Crippen LogP contribution in [0.2, 0.25) is 0 Å². The predicted molar refractivity (Wildman–Crippen MR) is 57.8 cm³/mol. The van der Waals surface area contributed by atoms with E-state index in [9.17, 15) is 4.79 Å². The summed E-state index contributed by atoms with van der Waals surface area (Å²) in [4.78, 5) is 19.4. The molecule has 2 heterocycles. The van der Waals surface area contributed by atoms with Gasteiger partial charge in [0.1, 0.15) is 17.8 Å². The molecule has 0 saturated carbocycles. The average Bonchev–Trinajstić information content (AvgIpc) is 2.75. The second-order valence-corrected chi connectivity index (χ2v) is 3.22. The van der Waals surface area contributed by atoms with Gasteiger partial charge in [0.25, 0.3) is 5.91 Å². The first kappa shape index (κ1) is 11.1. The van der Waals surface area contributed by atoms with Crippen LogP contribution in [0.3, 0.4) is 0 Å². The molecule has 7 nitrogen and oxygen atoms in total. The summed E-state index contributed by atoms with van der Waals surface area (Å²) in [5.41, 5.74) is 0.192. The smallest absolute Gasteiger partial charge is 0.275 e. The van der Waals surface area contributed by atoms with Gasteiger partial charge in [-0.2, -0.15) is 0 Å². The molecule has 2 aromatic heterocycles. The predicted octanol–water partition coefficient (Wildman–Crippen LogP) is 1.03. The van der Waals surface area contributed by atoms with Gasteiger partial charge in [0, 0.05) is 12.1 Å². The molecule has 0 aliphatic heterocycles. The maximum Gasteiger partial charge on any atom is 0.275 e. The Kier molecular flexibility index (Phi) is 2.99. The summed E-state index contributed by atoms with van der Waals surface area (Å²) in [6.45, 7) is 1.73. The van der Waals surface area contributed by atoms with Crippen LogP contribution in [-0.4, -0.2) is 28.1 Å². The standard InChI is InChI=1S/C10H10N4O3/c1-6-3-8(14-17-6)13-10(15)7-4-9(16-2)12-5-11-7/h3-5H,1-2H3,(H,13,14,15). The minimum Gasteiger partial charge on any atom is -0.481 e. The lowest BCUT2D eigenvalue weighted by molar-refractivity contribution is 0.102. The fourth-order valence-electron chi connectivity index (χ4n) is 1.18. The highest BCUT2D eigenvalue weighted by atomic mass is 16.5. The number of nitrogens with one attached hydrogen (secondary N) is 1. The van der Waals surface area contributed by atoms with E-state index in [0.29, 0.717) is 17.5 Å². The lowest BCUT2D eigenvalue weighted by Crippen LogP contribution is -2.14. The van der Waals surface area contributed by atoms with Crippen LogP contribution in [0.4, 0.5) is 5.82 Å². The SMILES string of the molecule is COc1cc(C(=O)Nc2cc(C)on2)ncn1. The average molecular weight is 234 g/mol. The second kappa shape index (κ2) is 4.60. The van der Waals surface area contributed by atoms with Gasteiger partial charge in [-0.05, 0) is 6.92 Å². The van der Waals surface area contributed by atoms with Crippen molar-refractivity contribution in [3.63, 3.8) is 0 Å². The molecule has 0 atom stereocenters. The highest BCUT2D eigenvalue weighted by Crippen LogP contribution is 2.10. The zero-order valence-electron chi connectivity index (χ0n) is 9.30. The quantitative estimate of drug-likeness (QED) is 0.853. The van der Waals surface area contributed by atoms with Gasteiger partial charge in [-0.1, -0.05) is 5.16 Å². The molecule has 1 N–H and O–H groups in total. The molecule has 0 spiro atoms. The molecule has 0 unspecified atom stereocenters. The van der Waals surface area contributed by atoms with Crippen molar-refractivity contribution < 1.29 is 14.1 Å². The Morgan fingerprint density at radius 1 is 1.41 bits per heavy atom. The van der Waals surface area contributed by atoms with Crippen LogP contribution in [-0.2, 0) is 0 Å². The van der Waals surface area contributed by atoms with Crippen molar-refractivity contribution in [2.24, 2.45) is 0 Å².